The maximum absolute atomic E-state index is 14.6. The maximum atomic E-state index is 14.6. The van der Waals surface area contributed by atoms with Gasteiger partial charge in [-0.3, -0.25) is 53.1 Å². The van der Waals surface area contributed by atoms with Gasteiger partial charge in [-0.05, 0) is 73.0 Å². The Morgan fingerprint density at radius 3 is 1.41 bits per heavy atom. The molecule has 384 valence electrons. The monoisotopic (exact) mass is 1020 g/mol. The Hall–Kier alpha value is -5.98. The van der Waals surface area contributed by atoms with Crippen LogP contribution in [0.5, 0.6) is 11.5 Å². The van der Waals surface area contributed by atoms with E-state index >= 15 is 0 Å². The number of unbranched alkanes of at least 4 members (excludes halogenated alkanes) is 1. The molecule has 0 aromatic heterocycles. The molecule has 2 aromatic rings. The minimum absolute atomic E-state index is 0.0202. The van der Waals surface area contributed by atoms with Crippen molar-refractivity contribution in [3.63, 3.8) is 0 Å². The van der Waals surface area contributed by atoms with Crippen LogP contribution in [0.2, 0.25) is 0 Å². The summed E-state index contributed by atoms with van der Waals surface area (Å²) in [7, 11) is -9.95. The summed E-state index contributed by atoms with van der Waals surface area (Å²) in [5, 5.41) is 24.6. The number of carboxylic acids is 1. The van der Waals surface area contributed by atoms with Gasteiger partial charge in [0, 0.05) is 12.8 Å². The molecule has 2 rings (SSSR count). The van der Waals surface area contributed by atoms with Gasteiger partial charge < -0.3 is 63.3 Å². The summed E-state index contributed by atoms with van der Waals surface area (Å²) in [6.45, 7) is 6.05. The molecule has 0 fully saturated rings. The molecule has 0 bridgehead atoms. The summed E-state index contributed by atoms with van der Waals surface area (Å²) in [6, 6.07) is 1.02. The van der Waals surface area contributed by atoms with Crippen LogP contribution in [0, 0.1) is 11.8 Å². The number of phosphoric ester groups is 2. The van der Waals surface area contributed by atoms with Crippen LogP contribution in [0.25, 0.3) is 0 Å². The van der Waals surface area contributed by atoms with Crippen LogP contribution in [-0.4, -0.2) is 121 Å². The zero-order valence-corrected chi connectivity index (χ0v) is 40.2. The maximum Gasteiger partial charge on any atom is 0.524 e. The molecule has 69 heavy (non-hydrogen) atoms. The number of nitrogens with one attached hydrogen (secondary N) is 6. The second kappa shape index (κ2) is 27.9. The molecule has 7 amide bonds. The molecular weight excluding hydrogens is 952 g/mol. The third-order valence-electron chi connectivity index (χ3n) is 10.3. The van der Waals surface area contributed by atoms with E-state index in [1.54, 1.807) is 27.7 Å². The van der Waals surface area contributed by atoms with Crippen LogP contribution in [0.15, 0.2) is 48.5 Å². The molecule has 2 aromatic carbocycles. The molecule has 0 heterocycles. The first-order chi connectivity index (χ1) is 32.2. The molecule has 0 radical (unpaired) electrons. The van der Waals surface area contributed by atoms with Gasteiger partial charge in [0.15, 0.2) is 0 Å². The highest BCUT2D eigenvalue weighted by molar-refractivity contribution is 7.47. The van der Waals surface area contributed by atoms with Gasteiger partial charge in [0.05, 0.1) is 13.0 Å². The summed E-state index contributed by atoms with van der Waals surface area (Å²) < 4.78 is 32.1. The highest BCUT2D eigenvalue weighted by Gasteiger charge is 2.36. The van der Waals surface area contributed by atoms with Crippen molar-refractivity contribution < 1.29 is 81.2 Å². The Balaban J connectivity index is 2.70. The number of benzene rings is 2. The molecule has 0 saturated carbocycles. The van der Waals surface area contributed by atoms with Crippen molar-refractivity contribution >= 4 is 63.0 Å². The number of rotatable bonds is 30. The first-order valence-corrected chi connectivity index (χ1v) is 24.6. The lowest BCUT2D eigenvalue weighted by Gasteiger charge is -2.29. The van der Waals surface area contributed by atoms with Crippen molar-refractivity contribution in [3.05, 3.63) is 59.7 Å². The molecule has 0 aliphatic carbocycles. The smallest absolute Gasteiger partial charge is 0.480 e. The van der Waals surface area contributed by atoms with E-state index in [2.05, 4.69) is 40.9 Å². The minimum Gasteiger partial charge on any atom is -0.480 e. The number of carbonyl (C=O) groups is 8. The first kappa shape index (κ1) is 59.1. The third kappa shape index (κ3) is 21.9. The molecule has 0 spiro atoms. The van der Waals surface area contributed by atoms with E-state index in [1.165, 1.54) is 48.5 Å². The quantitative estimate of drug-likeness (QED) is 0.0299. The Bertz CT molecular complexity index is 2190. The van der Waals surface area contributed by atoms with E-state index in [1.807, 2.05) is 0 Å². The van der Waals surface area contributed by atoms with Gasteiger partial charge in [0.25, 0.3) is 0 Å². The number of amides is 7. The molecule has 0 aliphatic heterocycles. The Morgan fingerprint density at radius 1 is 0.594 bits per heavy atom. The predicted octanol–water partition coefficient (Wildman–Crippen LogP) is -1.93. The zero-order valence-electron chi connectivity index (χ0n) is 38.4. The van der Waals surface area contributed by atoms with E-state index in [-0.39, 0.29) is 54.9 Å². The molecule has 26 nitrogen and oxygen atoms in total. The molecule has 7 atom stereocenters. The molecule has 0 unspecified atom stereocenters. The summed E-state index contributed by atoms with van der Waals surface area (Å²) in [4.78, 5) is 143. The van der Waals surface area contributed by atoms with Crippen LogP contribution in [0.3, 0.4) is 0 Å². The lowest BCUT2D eigenvalue weighted by atomic mass is 9.96. The number of carbonyl (C=O) groups excluding carboxylic acids is 7. The largest absolute Gasteiger partial charge is 0.524 e. The van der Waals surface area contributed by atoms with E-state index in [0.717, 1.165) is 0 Å². The Morgan fingerprint density at radius 2 is 1.01 bits per heavy atom. The van der Waals surface area contributed by atoms with Crippen molar-refractivity contribution in [2.75, 3.05) is 13.1 Å². The van der Waals surface area contributed by atoms with Crippen LogP contribution >= 0.6 is 15.6 Å². The van der Waals surface area contributed by atoms with Crippen molar-refractivity contribution in [2.45, 2.75) is 109 Å². The fourth-order valence-electron chi connectivity index (χ4n) is 6.49. The average molecular weight is 1020 g/mol. The number of carboxylic acid groups (broad SMARTS) is 1. The van der Waals surface area contributed by atoms with Crippen molar-refractivity contribution in [1.82, 2.24) is 31.9 Å². The number of nitrogens with two attached hydrogens (primary N) is 3. The molecule has 17 N–H and O–H groups in total. The Kier molecular flexibility index (Phi) is 23.9. The number of phosphoric acid groups is 2. The topological polar surface area (TPSA) is 441 Å². The van der Waals surface area contributed by atoms with Crippen molar-refractivity contribution in [2.24, 2.45) is 29.0 Å². The second-order valence-corrected chi connectivity index (χ2v) is 18.6. The van der Waals surface area contributed by atoms with Gasteiger partial charge >= 0.3 is 21.6 Å². The van der Waals surface area contributed by atoms with Gasteiger partial charge in [-0.25, -0.2) is 13.9 Å². The minimum atomic E-state index is -4.98. The number of aliphatic carboxylic acids is 1. The second-order valence-electron chi connectivity index (χ2n) is 16.3. The highest BCUT2D eigenvalue weighted by atomic mass is 31.2. The number of hydrogen-bond donors (Lipinski definition) is 14. The van der Waals surface area contributed by atoms with E-state index in [0.29, 0.717) is 12.8 Å². The lowest BCUT2D eigenvalue weighted by molar-refractivity contribution is -0.143. The standard InChI is InChI=1S/C41H63N9O17P2/c1-5-23(4)35(50-39(56)31(20-32(44)51)45-33(52)21-43)40(57)48-30(19-25-11-15-27(16-12-25)67-69(63,64)65)38(55)47-29(18-24-9-13-26(14-10-24)66-68(60,61)62)37(54)46-28(8-6-7-17-42)36(53)49-34(22(2)3)41(58)59/h9-16,22-23,28-31,34-35H,5-8,17-21,42-43H2,1-4H3,(H2,44,51)(H,45,52)(H,46,54)(H,47,55)(H,48,57)(H,49,53)(H,50,56)(H,58,59)(H2,60,61,62)(H2,63,64,65)/t23-,28-,29-,30-,31-,34-,35-/m0/s1. The third-order valence-corrected chi connectivity index (χ3v) is 11.2. The molecule has 28 heteroatoms. The normalized spacial score (nSPS) is 14.6. The van der Waals surface area contributed by atoms with Gasteiger partial charge in [0.1, 0.15) is 47.8 Å². The van der Waals surface area contributed by atoms with Gasteiger partial charge in [0.2, 0.25) is 41.4 Å². The first-order valence-electron chi connectivity index (χ1n) is 21.6. The van der Waals surface area contributed by atoms with Crippen LogP contribution in [-0.2, 0) is 60.3 Å². The average Bonchev–Trinajstić information content (AvgIpc) is 3.25. The van der Waals surface area contributed by atoms with E-state index in [4.69, 9.17) is 17.2 Å². The van der Waals surface area contributed by atoms with E-state index < -0.39 is 124 Å². The molecular formula is C41H63N9O17P2. The Labute approximate surface area is 397 Å². The van der Waals surface area contributed by atoms with Crippen molar-refractivity contribution in [3.8, 4) is 11.5 Å². The zero-order chi connectivity index (χ0) is 52.2. The van der Waals surface area contributed by atoms with Crippen LogP contribution < -0.4 is 58.1 Å². The van der Waals surface area contributed by atoms with Crippen LogP contribution in [0.4, 0.5) is 0 Å². The lowest BCUT2D eigenvalue weighted by Crippen LogP contribution is -2.61. The highest BCUT2D eigenvalue weighted by Crippen LogP contribution is 2.38. The fourth-order valence-corrected chi connectivity index (χ4v) is 7.28. The summed E-state index contributed by atoms with van der Waals surface area (Å²) in [5.74, 6) is -9.71. The molecule has 0 saturated heterocycles. The van der Waals surface area contributed by atoms with E-state index in [9.17, 15) is 72.2 Å². The molecule has 0 aliphatic rings. The fraction of sp³-hybridized carbons (Fsp3) is 0.512. The van der Waals surface area contributed by atoms with Gasteiger partial charge in [-0.15, -0.1) is 0 Å². The SMILES string of the molecule is CC[C@H](C)[C@H](NC(=O)[C@H](CC(N)=O)NC(=O)CN)C(=O)N[C@@H](Cc1ccc(OP(=O)(O)O)cc1)C(=O)N[C@@H](Cc1ccc(OP(=O)(O)O)cc1)C(=O)N[C@@H](CCCCN)C(=O)N[C@H](C(=O)O)C(C)C. The summed E-state index contributed by atoms with van der Waals surface area (Å²) in [6.07, 6.45) is -0.473. The summed E-state index contributed by atoms with van der Waals surface area (Å²) >= 11 is 0. The predicted molar refractivity (Wildman–Crippen MR) is 245 cm³/mol. The van der Waals surface area contributed by atoms with Gasteiger partial charge in [-0.2, -0.15) is 0 Å². The number of hydrogen-bond acceptors (Lipinski definition) is 14. The van der Waals surface area contributed by atoms with Crippen molar-refractivity contribution in [1.29, 1.82) is 0 Å². The van der Waals surface area contributed by atoms with Crippen LogP contribution in [0.1, 0.15) is 70.9 Å². The number of primary amides is 1. The summed E-state index contributed by atoms with van der Waals surface area (Å²) in [5.41, 5.74) is 16.9. The van der Waals surface area contributed by atoms with Gasteiger partial charge in [-0.1, -0.05) is 58.4 Å².